The summed E-state index contributed by atoms with van der Waals surface area (Å²) in [6.45, 7) is 5.84. The Morgan fingerprint density at radius 2 is 1.86 bits per heavy atom. The molecule has 0 radical (unpaired) electrons. The molecule has 156 valence electrons. The molecule has 0 spiro atoms. The summed E-state index contributed by atoms with van der Waals surface area (Å²) in [5.74, 6) is -0.107. The molecule has 1 saturated heterocycles. The number of carbonyl (C=O) groups is 2. The number of hydrogen-bond acceptors (Lipinski definition) is 3. The minimum absolute atomic E-state index is 0.104. The Bertz CT molecular complexity index is 673. The molecule has 1 aromatic carbocycles. The molecule has 3 amide bonds. The molecule has 1 aliphatic rings. The molecule has 1 aliphatic heterocycles. The van der Waals surface area contributed by atoms with Crippen molar-refractivity contribution >= 4 is 17.6 Å². The first-order valence-corrected chi connectivity index (χ1v) is 9.45. The van der Waals surface area contributed by atoms with Crippen LogP contribution in [-0.4, -0.2) is 55.6 Å². The largest absolute Gasteiger partial charge is 0.416 e. The second kappa shape index (κ2) is 9.66. The van der Waals surface area contributed by atoms with Gasteiger partial charge in [-0.2, -0.15) is 13.2 Å². The van der Waals surface area contributed by atoms with E-state index in [-0.39, 0.29) is 30.9 Å². The fourth-order valence-electron chi connectivity index (χ4n) is 2.89. The molecule has 1 heterocycles. The van der Waals surface area contributed by atoms with E-state index in [9.17, 15) is 22.8 Å². The minimum atomic E-state index is -4.38. The van der Waals surface area contributed by atoms with E-state index in [4.69, 9.17) is 0 Å². The fourth-order valence-corrected chi connectivity index (χ4v) is 2.89. The van der Waals surface area contributed by atoms with E-state index in [0.29, 0.717) is 31.9 Å². The average Bonchev–Trinajstić information content (AvgIpc) is 2.67. The predicted molar refractivity (Wildman–Crippen MR) is 101 cm³/mol. The lowest BCUT2D eigenvalue weighted by molar-refractivity contribution is -0.137. The predicted octanol–water partition coefficient (Wildman–Crippen LogP) is 2.84. The van der Waals surface area contributed by atoms with Gasteiger partial charge in [0.1, 0.15) is 0 Å². The van der Waals surface area contributed by atoms with Gasteiger partial charge in [0.25, 0.3) is 0 Å². The number of urea groups is 1. The number of piperazine rings is 1. The van der Waals surface area contributed by atoms with Crippen LogP contribution in [0.2, 0.25) is 0 Å². The van der Waals surface area contributed by atoms with Crippen molar-refractivity contribution in [2.45, 2.75) is 38.9 Å². The van der Waals surface area contributed by atoms with Crippen LogP contribution < -0.4 is 15.5 Å². The standard InChI is InChI=1S/C19H27F3N4O2/c1-3-14(2)24-17(27)7-8-23-18(28)26-11-9-25(10-12-26)16-6-4-5-15(13-16)19(20,21)22/h4-6,13-14H,3,7-12H2,1-2H3,(H,23,28)(H,24,27). The maximum Gasteiger partial charge on any atom is 0.416 e. The van der Waals surface area contributed by atoms with Gasteiger partial charge in [-0.15, -0.1) is 0 Å². The summed E-state index contributed by atoms with van der Waals surface area (Å²) in [5.41, 5.74) is -0.183. The summed E-state index contributed by atoms with van der Waals surface area (Å²) in [6.07, 6.45) is -3.33. The molecule has 0 aliphatic carbocycles. The molecule has 0 bridgehead atoms. The molecule has 2 N–H and O–H groups in total. The first-order chi connectivity index (χ1) is 13.2. The first kappa shape index (κ1) is 21.8. The van der Waals surface area contributed by atoms with Crippen LogP contribution in [-0.2, 0) is 11.0 Å². The highest BCUT2D eigenvalue weighted by atomic mass is 19.4. The normalized spacial score (nSPS) is 15.9. The van der Waals surface area contributed by atoms with Crippen LogP contribution in [0.25, 0.3) is 0 Å². The van der Waals surface area contributed by atoms with Gasteiger partial charge in [0.05, 0.1) is 5.56 Å². The Morgan fingerprint density at radius 3 is 2.46 bits per heavy atom. The Balaban J connectivity index is 1.77. The molecule has 1 fully saturated rings. The average molecular weight is 400 g/mol. The molecule has 2 rings (SSSR count). The third-order valence-electron chi connectivity index (χ3n) is 4.75. The Kier molecular flexibility index (Phi) is 7.53. The van der Waals surface area contributed by atoms with Crippen LogP contribution in [0.3, 0.4) is 0 Å². The second-order valence-electron chi connectivity index (χ2n) is 6.88. The van der Waals surface area contributed by atoms with Gasteiger partial charge in [0.2, 0.25) is 5.91 Å². The maximum absolute atomic E-state index is 12.9. The van der Waals surface area contributed by atoms with Crippen molar-refractivity contribution in [1.29, 1.82) is 0 Å². The van der Waals surface area contributed by atoms with Crippen molar-refractivity contribution in [2.75, 3.05) is 37.6 Å². The van der Waals surface area contributed by atoms with Crippen LogP contribution in [0.15, 0.2) is 24.3 Å². The summed E-state index contributed by atoms with van der Waals surface area (Å²) in [4.78, 5) is 27.3. The van der Waals surface area contributed by atoms with Gasteiger partial charge in [0.15, 0.2) is 0 Å². The van der Waals surface area contributed by atoms with Crippen LogP contribution in [0, 0.1) is 0 Å². The monoisotopic (exact) mass is 400 g/mol. The van der Waals surface area contributed by atoms with Crippen molar-refractivity contribution in [1.82, 2.24) is 15.5 Å². The van der Waals surface area contributed by atoms with E-state index in [1.807, 2.05) is 18.7 Å². The van der Waals surface area contributed by atoms with Gasteiger partial charge in [0, 0.05) is 50.9 Å². The van der Waals surface area contributed by atoms with E-state index in [1.54, 1.807) is 11.0 Å². The lowest BCUT2D eigenvalue weighted by atomic mass is 10.1. The van der Waals surface area contributed by atoms with Gasteiger partial charge in [-0.05, 0) is 31.5 Å². The van der Waals surface area contributed by atoms with Gasteiger partial charge in [-0.3, -0.25) is 4.79 Å². The minimum Gasteiger partial charge on any atom is -0.368 e. The summed E-state index contributed by atoms with van der Waals surface area (Å²) in [5, 5.41) is 5.55. The zero-order valence-corrected chi connectivity index (χ0v) is 16.2. The SMILES string of the molecule is CCC(C)NC(=O)CCNC(=O)N1CCN(c2cccc(C(F)(F)F)c2)CC1. The Labute approximate surface area is 163 Å². The number of amides is 3. The van der Waals surface area contributed by atoms with E-state index in [1.165, 1.54) is 6.07 Å². The van der Waals surface area contributed by atoms with E-state index in [2.05, 4.69) is 10.6 Å². The number of nitrogens with zero attached hydrogens (tertiary/aromatic N) is 2. The van der Waals surface area contributed by atoms with E-state index >= 15 is 0 Å². The lowest BCUT2D eigenvalue weighted by Crippen LogP contribution is -2.52. The third kappa shape index (κ3) is 6.31. The zero-order chi connectivity index (χ0) is 20.7. The fraction of sp³-hybridized carbons (Fsp3) is 0.579. The highest BCUT2D eigenvalue weighted by molar-refractivity contribution is 5.78. The lowest BCUT2D eigenvalue weighted by Gasteiger charge is -2.36. The molecule has 9 heteroatoms. The maximum atomic E-state index is 12.9. The second-order valence-corrected chi connectivity index (χ2v) is 6.88. The highest BCUT2D eigenvalue weighted by Gasteiger charge is 2.31. The van der Waals surface area contributed by atoms with Gasteiger partial charge >= 0.3 is 12.2 Å². The summed E-state index contributed by atoms with van der Waals surface area (Å²) >= 11 is 0. The van der Waals surface area contributed by atoms with Crippen molar-refractivity contribution in [3.8, 4) is 0 Å². The smallest absolute Gasteiger partial charge is 0.368 e. The molecule has 1 atom stereocenters. The highest BCUT2D eigenvalue weighted by Crippen LogP contribution is 2.31. The van der Waals surface area contributed by atoms with Crippen molar-refractivity contribution in [2.24, 2.45) is 0 Å². The van der Waals surface area contributed by atoms with Gasteiger partial charge < -0.3 is 20.4 Å². The molecule has 6 nitrogen and oxygen atoms in total. The first-order valence-electron chi connectivity index (χ1n) is 9.45. The molecule has 1 aromatic rings. The number of rotatable bonds is 6. The van der Waals surface area contributed by atoms with Crippen LogP contribution in [0.4, 0.5) is 23.7 Å². The van der Waals surface area contributed by atoms with Crippen LogP contribution in [0.1, 0.15) is 32.3 Å². The number of hydrogen-bond donors (Lipinski definition) is 2. The summed E-state index contributed by atoms with van der Waals surface area (Å²) in [7, 11) is 0. The molecule has 0 saturated carbocycles. The molecular weight excluding hydrogens is 373 g/mol. The van der Waals surface area contributed by atoms with Crippen LogP contribution >= 0.6 is 0 Å². The molecule has 28 heavy (non-hydrogen) atoms. The van der Waals surface area contributed by atoms with Gasteiger partial charge in [-0.1, -0.05) is 13.0 Å². The van der Waals surface area contributed by atoms with Gasteiger partial charge in [-0.25, -0.2) is 4.79 Å². The summed E-state index contributed by atoms with van der Waals surface area (Å²) in [6, 6.07) is 5.05. The van der Waals surface area contributed by atoms with Crippen molar-refractivity contribution in [3.63, 3.8) is 0 Å². The van der Waals surface area contributed by atoms with E-state index in [0.717, 1.165) is 18.6 Å². The quantitative estimate of drug-likeness (QED) is 0.772. The third-order valence-corrected chi connectivity index (χ3v) is 4.75. The van der Waals surface area contributed by atoms with Crippen molar-refractivity contribution in [3.05, 3.63) is 29.8 Å². The topological polar surface area (TPSA) is 64.7 Å². The number of nitrogens with one attached hydrogen (secondary N) is 2. The zero-order valence-electron chi connectivity index (χ0n) is 16.2. The molecule has 1 unspecified atom stereocenters. The molecular formula is C19H27F3N4O2. The Morgan fingerprint density at radius 1 is 1.18 bits per heavy atom. The summed E-state index contributed by atoms with van der Waals surface area (Å²) < 4.78 is 38.6. The van der Waals surface area contributed by atoms with Crippen LogP contribution in [0.5, 0.6) is 0 Å². The number of halogens is 3. The number of anilines is 1. The number of benzene rings is 1. The van der Waals surface area contributed by atoms with E-state index < -0.39 is 11.7 Å². The number of alkyl halides is 3. The van der Waals surface area contributed by atoms with Crippen molar-refractivity contribution < 1.29 is 22.8 Å². The molecule has 0 aromatic heterocycles. The Hall–Kier alpha value is -2.45. The number of carbonyl (C=O) groups excluding carboxylic acids is 2.